The lowest BCUT2D eigenvalue weighted by Gasteiger charge is -2.31. The summed E-state index contributed by atoms with van der Waals surface area (Å²) in [5.74, 6) is -1.42. The summed E-state index contributed by atoms with van der Waals surface area (Å²) in [6, 6.07) is 3.14. The number of amides is 1. The summed E-state index contributed by atoms with van der Waals surface area (Å²) in [7, 11) is 1.73. The molecule has 0 aliphatic heterocycles. The van der Waals surface area contributed by atoms with E-state index in [1.807, 2.05) is 0 Å². The van der Waals surface area contributed by atoms with Crippen molar-refractivity contribution in [3.63, 3.8) is 0 Å². The standard InChI is InChI=1S/C14H18N2O3/c1-16(10-6-3-2-4-7-10)13(17)12-11(14(18)19)8-5-9-15-12/h5,8-10H,2-4,6-7H2,1H3,(H,18,19). The molecule has 0 saturated heterocycles. The normalized spacial score (nSPS) is 16.1. The fourth-order valence-electron chi connectivity index (χ4n) is 2.55. The van der Waals surface area contributed by atoms with Crippen molar-refractivity contribution in [1.82, 2.24) is 9.88 Å². The van der Waals surface area contributed by atoms with E-state index >= 15 is 0 Å². The van der Waals surface area contributed by atoms with Crippen LogP contribution >= 0.6 is 0 Å². The van der Waals surface area contributed by atoms with Crippen molar-refractivity contribution in [1.29, 1.82) is 0 Å². The Kier molecular flexibility index (Phi) is 4.14. The van der Waals surface area contributed by atoms with Crippen molar-refractivity contribution in [2.75, 3.05) is 7.05 Å². The van der Waals surface area contributed by atoms with Crippen LogP contribution in [0.4, 0.5) is 0 Å². The molecule has 2 rings (SSSR count). The number of hydrogen-bond donors (Lipinski definition) is 1. The molecule has 1 heterocycles. The van der Waals surface area contributed by atoms with Gasteiger partial charge in [-0.05, 0) is 25.0 Å². The zero-order valence-corrected chi connectivity index (χ0v) is 11.0. The van der Waals surface area contributed by atoms with Gasteiger partial charge in [-0.1, -0.05) is 19.3 Å². The molecule has 19 heavy (non-hydrogen) atoms. The molecule has 1 aromatic rings. The molecule has 0 bridgehead atoms. The van der Waals surface area contributed by atoms with Gasteiger partial charge in [-0.25, -0.2) is 4.79 Å². The third kappa shape index (κ3) is 2.92. The number of pyridine rings is 1. The van der Waals surface area contributed by atoms with Crippen LogP contribution in [0.3, 0.4) is 0 Å². The van der Waals surface area contributed by atoms with Crippen LogP contribution in [0.1, 0.15) is 53.0 Å². The van der Waals surface area contributed by atoms with Crippen LogP contribution in [0.5, 0.6) is 0 Å². The van der Waals surface area contributed by atoms with Gasteiger partial charge in [0.2, 0.25) is 0 Å². The highest BCUT2D eigenvalue weighted by Crippen LogP contribution is 2.23. The Morgan fingerprint density at radius 1 is 1.32 bits per heavy atom. The molecule has 1 aromatic heterocycles. The molecule has 1 fully saturated rings. The number of nitrogens with zero attached hydrogens (tertiary/aromatic N) is 2. The molecule has 1 saturated carbocycles. The summed E-state index contributed by atoms with van der Waals surface area (Å²) in [4.78, 5) is 29.1. The Morgan fingerprint density at radius 3 is 2.63 bits per heavy atom. The van der Waals surface area contributed by atoms with Gasteiger partial charge in [0.05, 0.1) is 5.56 Å². The van der Waals surface area contributed by atoms with Crippen LogP contribution in [0, 0.1) is 0 Å². The van der Waals surface area contributed by atoms with Gasteiger partial charge in [-0.2, -0.15) is 0 Å². The summed E-state index contributed by atoms with van der Waals surface area (Å²) in [5, 5.41) is 9.10. The van der Waals surface area contributed by atoms with Gasteiger partial charge in [0, 0.05) is 19.3 Å². The Hall–Kier alpha value is -1.91. The van der Waals surface area contributed by atoms with E-state index in [-0.39, 0.29) is 23.2 Å². The maximum atomic E-state index is 12.4. The minimum atomic E-state index is -1.12. The van der Waals surface area contributed by atoms with Crippen LogP contribution in [-0.4, -0.2) is 40.0 Å². The molecule has 102 valence electrons. The fraction of sp³-hybridized carbons (Fsp3) is 0.500. The molecule has 0 aromatic carbocycles. The minimum absolute atomic E-state index is 0.0306. The molecule has 5 heteroatoms. The molecule has 0 unspecified atom stereocenters. The van der Waals surface area contributed by atoms with Gasteiger partial charge in [0.15, 0.2) is 0 Å². The fourth-order valence-corrected chi connectivity index (χ4v) is 2.55. The summed E-state index contributed by atoms with van der Waals surface area (Å²) in [6.07, 6.45) is 6.87. The lowest BCUT2D eigenvalue weighted by molar-refractivity contribution is 0.0649. The third-order valence-electron chi connectivity index (χ3n) is 3.68. The van der Waals surface area contributed by atoms with Gasteiger partial charge >= 0.3 is 5.97 Å². The maximum absolute atomic E-state index is 12.4. The lowest BCUT2D eigenvalue weighted by Crippen LogP contribution is -2.39. The van der Waals surface area contributed by atoms with E-state index in [1.165, 1.54) is 24.8 Å². The van der Waals surface area contributed by atoms with E-state index in [0.29, 0.717) is 0 Å². The molecule has 1 N–H and O–H groups in total. The van der Waals surface area contributed by atoms with E-state index in [4.69, 9.17) is 5.11 Å². The highest BCUT2D eigenvalue weighted by atomic mass is 16.4. The topological polar surface area (TPSA) is 70.5 Å². The summed E-state index contributed by atoms with van der Waals surface area (Å²) in [5.41, 5.74) is -0.00164. The minimum Gasteiger partial charge on any atom is -0.478 e. The molecule has 0 spiro atoms. The number of aromatic carboxylic acids is 1. The van der Waals surface area contributed by atoms with Gasteiger partial charge in [0.25, 0.3) is 5.91 Å². The monoisotopic (exact) mass is 262 g/mol. The Bertz CT molecular complexity index is 481. The predicted molar refractivity (Wildman–Crippen MR) is 70.2 cm³/mol. The Balaban J connectivity index is 2.21. The molecule has 0 radical (unpaired) electrons. The van der Waals surface area contributed by atoms with E-state index in [1.54, 1.807) is 11.9 Å². The maximum Gasteiger partial charge on any atom is 0.338 e. The first-order chi connectivity index (χ1) is 9.11. The van der Waals surface area contributed by atoms with Crippen LogP contribution < -0.4 is 0 Å². The second kappa shape index (κ2) is 5.82. The zero-order chi connectivity index (χ0) is 13.8. The zero-order valence-electron chi connectivity index (χ0n) is 11.0. The first-order valence-electron chi connectivity index (χ1n) is 6.56. The van der Waals surface area contributed by atoms with Crippen molar-refractivity contribution in [2.24, 2.45) is 0 Å². The van der Waals surface area contributed by atoms with E-state index in [2.05, 4.69) is 4.98 Å². The quantitative estimate of drug-likeness (QED) is 0.906. The number of carbonyl (C=O) groups is 2. The summed E-state index contributed by atoms with van der Waals surface area (Å²) >= 11 is 0. The molecule has 1 aliphatic rings. The van der Waals surface area contributed by atoms with Crippen molar-refractivity contribution < 1.29 is 14.7 Å². The third-order valence-corrected chi connectivity index (χ3v) is 3.68. The van der Waals surface area contributed by atoms with E-state index < -0.39 is 5.97 Å². The predicted octanol–water partition coefficient (Wildman–Crippen LogP) is 2.18. The first kappa shape index (κ1) is 13.5. The highest BCUT2D eigenvalue weighted by molar-refractivity contribution is 6.03. The van der Waals surface area contributed by atoms with Crippen molar-refractivity contribution in [3.8, 4) is 0 Å². The highest BCUT2D eigenvalue weighted by Gasteiger charge is 2.26. The number of hydrogen-bond acceptors (Lipinski definition) is 3. The van der Waals surface area contributed by atoms with Crippen LogP contribution in [-0.2, 0) is 0 Å². The van der Waals surface area contributed by atoms with Gasteiger partial charge in [-0.15, -0.1) is 0 Å². The lowest BCUT2D eigenvalue weighted by atomic mass is 9.94. The first-order valence-corrected chi connectivity index (χ1v) is 6.56. The summed E-state index contributed by atoms with van der Waals surface area (Å²) in [6.45, 7) is 0. The van der Waals surface area contributed by atoms with Crippen LogP contribution in [0.2, 0.25) is 0 Å². The number of rotatable bonds is 3. The number of carboxylic acid groups (broad SMARTS) is 1. The molecular formula is C14H18N2O3. The molecule has 5 nitrogen and oxygen atoms in total. The molecule has 1 aliphatic carbocycles. The average molecular weight is 262 g/mol. The smallest absolute Gasteiger partial charge is 0.338 e. The SMILES string of the molecule is CN(C(=O)c1ncccc1C(=O)O)C1CCCCC1. The largest absolute Gasteiger partial charge is 0.478 e. The average Bonchev–Trinajstić information content (AvgIpc) is 2.46. The van der Waals surface area contributed by atoms with E-state index in [9.17, 15) is 9.59 Å². The Labute approximate surface area is 112 Å². The number of aromatic nitrogens is 1. The second-order valence-corrected chi connectivity index (χ2v) is 4.91. The van der Waals surface area contributed by atoms with Crippen molar-refractivity contribution in [3.05, 3.63) is 29.6 Å². The summed E-state index contributed by atoms with van der Waals surface area (Å²) < 4.78 is 0. The van der Waals surface area contributed by atoms with Gasteiger partial charge in [0.1, 0.15) is 5.69 Å². The van der Waals surface area contributed by atoms with Gasteiger partial charge < -0.3 is 10.0 Å². The number of carboxylic acids is 1. The molecule has 1 amide bonds. The molecular weight excluding hydrogens is 244 g/mol. The Morgan fingerprint density at radius 2 is 2.00 bits per heavy atom. The van der Waals surface area contributed by atoms with Crippen LogP contribution in [0.25, 0.3) is 0 Å². The van der Waals surface area contributed by atoms with Gasteiger partial charge in [-0.3, -0.25) is 9.78 Å². The van der Waals surface area contributed by atoms with Crippen molar-refractivity contribution >= 4 is 11.9 Å². The van der Waals surface area contributed by atoms with E-state index in [0.717, 1.165) is 25.7 Å². The molecule has 0 atom stereocenters. The second-order valence-electron chi connectivity index (χ2n) is 4.91. The van der Waals surface area contributed by atoms with Crippen molar-refractivity contribution in [2.45, 2.75) is 38.1 Å². The number of carbonyl (C=O) groups excluding carboxylic acids is 1. The van der Waals surface area contributed by atoms with Crippen LogP contribution in [0.15, 0.2) is 18.3 Å².